The first-order valence-corrected chi connectivity index (χ1v) is 9.58. The second kappa shape index (κ2) is 8.13. The van der Waals surface area contributed by atoms with Crippen LogP contribution >= 0.6 is 11.6 Å². The maximum absolute atomic E-state index is 12.6. The summed E-state index contributed by atoms with van der Waals surface area (Å²) in [5.74, 6) is -1.92. The fraction of sp³-hybridized carbons (Fsp3) is 0. The Kier molecular flexibility index (Phi) is 5.32. The summed E-state index contributed by atoms with van der Waals surface area (Å²) >= 11 is 6.23. The third-order valence-electron chi connectivity index (χ3n) is 4.84. The first-order valence-electron chi connectivity index (χ1n) is 9.20. The Morgan fingerprint density at radius 3 is 1.88 bits per heavy atom. The van der Waals surface area contributed by atoms with Gasteiger partial charge in [-0.3, -0.25) is 34.6 Å². The predicted molar refractivity (Wildman–Crippen MR) is 117 cm³/mol. The second-order valence-corrected chi connectivity index (χ2v) is 7.27. The number of imide groups is 1. The molecule has 0 saturated heterocycles. The number of carbonyl (C=O) groups excluding carboxylic acids is 3. The number of non-ortho nitro benzene ring substituents is 2. The number of anilines is 2. The molecule has 0 saturated carbocycles. The number of halogens is 1. The molecule has 0 atom stereocenters. The standard InChI is InChI=1S/C21H11ClN4O7/c22-17-10-12(24-20(28)15-3-1-2-4-16(15)21(24)29)5-6-18(17)23-19(27)11-7-13(25(30)31)9-14(8-11)26(32)33/h1-10H,(H,23,27). The number of nitro benzene ring substituents is 2. The van der Waals surface area contributed by atoms with Crippen LogP contribution in [0.3, 0.4) is 0 Å². The summed E-state index contributed by atoms with van der Waals surface area (Å²) in [6, 6.07) is 12.9. The van der Waals surface area contributed by atoms with Gasteiger partial charge >= 0.3 is 0 Å². The topological polar surface area (TPSA) is 153 Å². The van der Waals surface area contributed by atoms with Crippen LogP contribution in [-0.2, 0) is 0 Å². The smallest absolute Gasteiger partial charge is 0.277 e. The molecular weight excluding hydrogens is 456 g/mol. The molecule has 1 aliphatic heterocycles. The first kappa shape index (κ1) is 21.6. The molecule has 4 rings (SSSR count). The van der Waals surface area contributed by atoms with E-state index in [0.717, 1.165) is 23.1 Å². The van der Waals surface area contributed by atoms with E-state index in [4.69, 9.17) is 11.6 Å². The lowest BCUT2D eigenvalue weighted by atomic mass is 10.1. The van der Waals surface area contributed by atoms with Crippen LogP contribution in [-0.4, -0.2) is 27.6 Å². The van der Waals surface area contributed by atoms with Crippen LogP contribution in [0.15, 0.2) is 60.7 Å². The summed E-state index contributed by atoms with van der Waals surface area (Å²) in [6.45, 7) is 0. The number of hydrogen-bond donors (Lipinski definition) is 1. The van der Waals surface area contributed by atoms with Crippen LogP contribution < -0.4 is 10.2 Å². The van der Waals surface area contributed by atoms with Crippen molar-refractivity contribution in [3.8, 4) is 0 Å². The van der Waals surface area contributed by atoms with E-state index in [2.05, 4.69) is 5.32 Å². The van der Waals surface area contributed by atoms with E-state index in [9.17, 15) is 34.6 Å². The maximum atomic E-state index is 12.6. The summed E-state index contributed by atoms with van der Waals surface area (Å²) in [5.41, 5.74) is -0.822. The van der Waals surface area contributed by atoms with E-state index in [1.54, 1.807) is 12.1 Å². The molecule has 1 heterocycles. The van der Waals surface area contributed by atoms with Gasteiger partial charge in [0.15, 0.2) is 0 Å². The Balaban J connectivity index is 1.61. The molecule has 0 radical (unpaired) electrons. The van der Waals surface area contributed by atoms with Crippen LogP contribution in [0.5, 0.6) is 0 Å². The molecule has 0 aromatic heterocycles. The van der Waals surface area contributed by atoms with Gasteiger partial charge in [0, 0.05) is 12.1 Å². The van der Waals surface area contributed by atoms with Crippen molar-refractivity contribution in [2.24, 2.45) is 0 Å². The highest BCUT2D eigenvalue weighted by Gasteiger charge is 2.36. The lowest BCUT2D eigenvalue weighted by Crippen LogP contribution is -2.29. The number of hydrogen-bond acceptors (Lipinski definition) is 7. The molecule has 0 bridgehead atoms. The van der Waals surface area contributed by atoms with Crippen molar-refractivity contribution in [3.05, 3.63) is 103 Å². The molecule has 1 aliphatic rings. The molecular formula is C21H11ClN4O7. The lowest BCUT2D eigenvalue weighted by molar-refractivity contribution is -0.394. The lowest BCUT2D eigenvalue weighted by Gasteiger charge is -2.16. The third-order valence-corrected chi connectivity index (χ3v) is 5.15. The van der Waals surface area contributed by atoms with Gasteiger partial charge in [-0.2, -0.15) is 0 Å². The monoisotopic (exact) mass is 466 g/mol. The summed E-state index contributed by atoms with van der Waals surface area (Å²) in [4.78, 5) is 59.1. The summed E-state index contributed by atoms with van der Waals surface area (Å²) in [5, 5.41) is 24.4. The van der Waals surface area contributed by atoms with Gasteiger partial charge in [-0.1, -0.05) is 23.7 Å². The normalized spacial score (nSPS) is 12.5. The van der Waals surface area contributed by atoms with Crippen molar-refractivity contribution < 1.29 is 24.2 Å². The molecule has 3 aromatic carbocycles. The molecule has 0 aliphatic carbocycles. The number of nitrogens with zero attached hydrogens (tertiary/aromatic N) is 3. The average molecular weight is 467 g/mol. The quantitative estimate of drug-likeness (QED) is 0.335. The molecule has 11 nitrogen and oxygen atoms in total. The van der Waals surface area contributed by atoms with E-state index >= 15 is 0 Å². The van der Waals surface area contributed by atoms with E-state index in [-0.39, 0.29) is 33.1 Å². The highest BCUT2D eigenvalue weighted by atomic mass is 35.5. The molecule has 0 unspecified atom stereocenters. The van der Waals surface area contributed by atoms with E-state index in [1.807, 2.05) is 0 Å². The first-order chi connectivity index (χ1) is 15.7. The summed E-state index contributed by atoms with van der Waals surface area (Å²) in [6.07, 6.45) is 0. The summed E-state index contributed by atoms with van der Waals surface area (Å²) in [7, 11) is 0. The molecule has 33 heavy (non-hydrogen) atoms. The van der Waals surface area contributed by atoms with Gasteiger partial charge < -0.3 is 5.32 Å². The predicted octanol–water partition coefficient (Wildman–Crippen LogP) is 4.21. The van der Waals surface area contributed by atoms with Crippen LogP contribution in [0, 0.1) is 20.2 Å². The van der Waals surface area contributed by atoms with Crippen LogP contribution in [0.1, 0.15) is 31.1 Å². The zero-order valence-electron chi connectivity index (χ0n) is 16.4. The van der Waals surface area contributed by atoms with E-state index < -0.39 is 38.9 Å². The number of carbonyl (C=O) groups is 3. The van der Waals surface area contributed by atoms with Crippen molar-refractivity contribution in [2.75, 3.05) is 10.2 Å². The number of nitro groups is 2. The minimum Gasteiger partial charge on any atom is -0.321 e. The molecule has 12 heteroatoms. The number of fused-ring (bicyclic) bond motifs is 1. The van der Waals surface area contributed by atoms with Gasteiger partial charge in [0.1, 0.15) is 0 Å². The van der Waals surface area contributed by atoms with Gasteiger partial charge in [0.25, 0.3) is 29.1 Å². The number of benzene rings is 3. The zero-order chi connectivity index (χ0) is 23.9. The second-order valence-electron chi connectivity index (χ2n) is 6.86. The van der Waals surface area contributed by atoms with Crippen LogP contribution in [0.25, 0.3) is 0 Å². The van der Waals surface area contributed by atoms with Crippen molar-refractivity contribution in [1.29, 1.82) is 0 Å². The van der Waals surface area contributed by atoms with Crippen LogP contribution in [0.4, 0.5) is 22.7 Å². The van der Waals surface area contributed by atoms with Gasteiger partial charge in [-0.15, -0.1) is 0 Å². The Bertz CT molecular complexity index is 1320. The fourth-order valence-electron chi connectivity index (χ4n) is 3.30. The highest BCUT2D eigenvalue weighted by Crippen LogP contribution is 2.33. The van der Waals surface area contributed by atoms with Gasteiger partial charge in [0.2, 0.25) is 0 Å². The Hall–Kier alpha value is -4.64. The molecule has 3 amide bonds. The molecule has 1 N–H and O–H groups in total. The number of nitrogens with one attached hydrogen (secondary N) is 1. The van der Waals surface area contributed by atoms with Gasteiger partial charge in [-0.25, -0.2) is 4.90 Å². The van der Waals surface area contributed by atoms with Crippen LogP contribution in [0.2, 0.25) is 5.02 Å². The number of rotatable bonds is 5. The van der Waals surface area contributed by atoms with E-state index in [0.29, 0.717) is 0 Å². The minimum absolute atomic E-state index is 0.0302. The minimum atomic E-state index is -0.878. The largest absolute Gasteiger partial charge is 0.321 e. The van der Waals surface area contributed by atoms with E-state index in [1.165, 1.54) is 30.3 Å². The molecule has 3 aromatic rings. The zero-order valence-corrected chi connectivity index (χ0v) is 17.1. The highest BCUT2D eigenvalue weighted by molar-refractivity contribution is 6.37. The Labute approximate surface area is 189 Å². The SMILES string of the molecule is O=C(Nc1ccc(N2C(=O)c3ccccc3C2=O)cc1Cl)c1cc([N+](=O)[O-])cc([N+](=O)[O-])c1. The van der Waals surface area contributed by atoms with Crippen molar-refractivity contribution in [3.63, 3.8) is 0 Å². The fourth-order valence-corrected chi connectivity index (χ4v) is 3.52. The average Bonchev–Trinajstić information content (AvgIpc) is 3.05. The van der Waals surface area contributed by atoms with Gasteiger partial charge in [0.05, 0.1) is 49.0 Å². The Morgan fingerprint density at radius 1 is 0.848 bits per heavy atom. The molecule has 0 spiro atoms. The van der Waals surface area contributed by atoms with Crippen molar-refractivity contribution >= 4 is 52.1 Å². The third kappa shape index (κ3) is 3.88. The molecule has 164 valence electrons. The Morgan fingerprint density at radius 2 is 1.39 bits per heavy atom. The maximum Gasteiger partial charge on any atom is 0.277 e. The van der Waals surface area contributed by atoms with Crippen molar-refractivity contribution in [2.45, 2.75) is 0 Å². The van der Waals surface area contributed by atoms with Crippen molar-refractivity contribution in [1.82, 2.24) is 0 Å². The number of amides is 3. The molecule has 0 fully saturated rings. The van der Waals surface area contributed by atoms with Gasteiger partial charge in [-0.05, 0) is 30.3 Å². The summed E-state index contributed by atoms with van der Waals surface area (Å²) < 4.78 is 0.